The molecule has 2 nitrogen and oxygen atoms in total. The maximum Gasteiger partial charge on any atom is 0.125 e. The number of aromatic nitrogens is 2. The van der Waals surface area contributed by atoms with E-state index in [-0.39, 0.29) is 0 Å². The first-order valence-corrected chi connectivity index (χ1v) is 5.32. The molecule has 1 aromatic heterocycles. The number of rotatable bonds is 1. The minimum absolute atomic E-state index is 0.816. The Kier molecular flexibility index (Phi) is 2.74. The quantitative estimate of drug-likeness (QED) is 0.752. The van der Waals surface area contributed by atoms with E-state index in [2.05, 4.69) is 32.0 Å². The van der Waals surface area contributed by atoms with Crippen LogP contribution in [0.4, 0.5) is 0 Å². The summed E-state index contributed by atoms with van der Waals surface area (Å²) in [5.41, 5.74) is 2.37. The van der Waals surface area contributed by atoms with Crippen LogP contribution in [-0.2, 0) is 0 Å². The van der Waals surface area contributed by atoms with E-state index in [1.165, 1.54) is 24.8 Å². The molecule has 0 spiro atoms. The highest BCUT2D eigenvalue weighted by Crippen LogP contribution is 2.25. The molecular formula is C10H11BrN2. The molecular weight excluding hydrogens is 228 g/mol. The molecule has 1 aromatic rings. The molecule has 0 saturated heterocycles. The lowest BCUT2D eigenvalue weighted by atomic mass is 9.97. The molecule has 0 amide bonds. The van der Waals surface area contributed by atoms with Crippen molar-refractivity contribution in [1.29, 1.82) is 0 Å². The summed E-state index contributed by atoms with van der Waals surface area (Å²) >= 11 is 3.33. The lowest BCUT2D eigenvalue weighted by Gasteiger charge is -2.11. The van der Waals surface area contributed by atoms with Crippen LogP contribution < -0.4 is 0 Å². The molecule has 1 aliphatic rings. The Bertz CT molecular complexity index is 333. The van der Waals surface area contributed by atoms with Gasteiger partial charge in [-0.05, 0) is 47.2 Å². The Balaban J connectivity index is 2.29. The van der Waals surface area contributed by atoms with Crippen LogP contribution in [0.2, 0.25) is 0 Å². The zero-order valence-corrected chi connectivity index (χ0v) is 8.92. The minimum atomic E-state index is 0.816. The van der Waals surface area contributed by atoms with Crippen LogP contribution in [0.3, 0.4) is 0 Å². The third kappa shape index (κ3) is 2.15. The summed E-state index contributed by atoms with van der Waals surface area (Å²) in [6.45, 7) is 0. The van der Waals surface area contributed by atoms with Crippen LogP contribution in [0.1, 0.15) is 31.4 Å². The van der Waals surface area contributed by atoms with E-state index in [1.807, 2.05) is 6.20 Å². The van der Waals surface area contributed by atoms with Gasteiger partial charge in [0.1, 0.15) is 4.60 Å². The maximum atomic E-state index is 4.38. The molecule has 0 radical (unpaired) electrons. The van der Waals surface area contributed by atoms with Crippen LogP contribution in [0.5, 0.6) is 0 Å². The summed E-state index contributed by atoms with van der Waals surface area (Å²) in [7, 11) is 0. The van der Waals surface area contributed by atoms with Gasteiger partial charge in [-0.3, -0.25) is 4.98 Å². The number of allylic oxidation sites excluding steroid dienone is 2. The summed E-state index contributed by atoms with van der Waals surface area (Å²) in [6.07, 6.45) is 10.7. The van der Waals surface area contributed by atoms with E-state index in [0.717, 1.165) is 16.7 Å². The summed E-state index contributed by atoms with van der Waals surface area (Å²) in [4.78, 5) is 8.49. The van der Waals surface area contributed by atoms with Crippen LogP contribution in [0.15, 0.2) is 23.1 Å². The minimum Gasteiger partial charge on any atom is -0.260 e. The number of hydrogen-bond donors (Lipinski definition) is 0. The number of hydrogen-bond acceptors (Lipinski definition) is 2. The molecule has 0 aromatic carbocycles. The Labute approximate surface area is 86.2 Å². The van der Waals surface area contributed by atoms with Gasteiger partial charge in [0.15, 0.2) is 0 Å². The average molecular weight is 239 g/mol. The number of nitrogens with zero attached hydrogens (tertiary/aromatic N) is 2. The van der Waals surface area contributed by atoms with Gasteiger partial charge < -0.3 is 0 Å². The van der Waals surface area contributed by atoms with Gasteiger partial charge in [-0.15, -0.1) is 0 Å². The zero-order chi connectivity index (χ0) is 9.10. The van der Waals surface area contributed by atoms with Crippen molar-refractivity contribution in [3.8, 4) is 0 Å². The van der Waals surface area contributed by atoms with Gasteiger partial charge in [0.05, 0.1) is 18.1 Å². The fourth-order valence-corrected chi connectivity index (χ4v) is 1.88. The molecule has 68 valence electrons. The third-order valence-corrected chi connectivity index (χ3v) is 2.61. The fraction of sp³-hybridized carbons (Fsp3) is 0.400. The highest BCUT2D eigenvalue weighted by molar-refractivity contribution is 9.10. The first kappa shape index (κ1) is 8.88. The normalized spacial score (nSPS) is 16.8. The van der Waals surface area contributed by atoms with Gasteiger partial charge in [-0.1, -0.05) is 6.08 Å². The summed E-state index contributed by atoms with van der Waals surface area (Å²) < 4.78 is 0.816. The second-order valence-corrected chi connectivity index (χ2v) is 4.01. The standard InChI is InChI=1S/C10H11BrN2/c11-10-7-12-6-9(13-10)8-4-2-1-3-5-8/h4,6-7H,1-3,5H2. The lowest BCUT2D eigenvalue weighted by molar-refractivity contribution is 0.739. The van der Waals surface area contributed by atoms with E-state index < -0.39 is 0 Å². The Morgan fingerprint density at radius 1 is 1.23 bits per heavy atom. The predicted molar refractivity (Wildman–Crippen MR) is 56.2 cm³/mol. The molecule has 3 heteroatoms. The number of halogens is 1. The summed E-state index contributed by atoms with van der Waals surface area (Å²) in [5.74, 6) is 0. The molecule has 0 atom stereocenters. The van der Waals surface area contributed by atoms with Crippen LogP contribution in [0.25, 0.3) is 5.57 Å². The fourth-order valence-electron chi connectivity index (χ4n) is 1.57. The summed E-state index contributed by atoms with van der Waals surface area (Å²) in [6, 6.07) is 0. The first-order valence-electron chi connectivity index (χ1n) is 4.53. The van der Waals surface area contributed by atoms with Gasteiger partial charge in [-0.25, -0.2) is 4.98 Å². The Morgan fingerprint density at radius 3 is 2.85 bits per heavy atom. The zero-order valence-electron chi connectivity index (χ0n) is 7.33. The second kappa shape index (κ2) is 4.01. The van der Waals surface area contributed by atoms with Gasteiger partial charge >= 0.3 is 0 Å². The van der Waals surface area contributed by atoms with E-state index in [1.54, 1.807) is 6.20 Å². The van der Waals surface area contributed by atoms with Crippen molar-refractivity contribution in [3.63, 3.8) is 0 Å². The molecule has 1 aliphatic carbocycles. The summed E-state index contributed by atoms with van der Waals surface area (Å²) in [5, 5.41) is 0. The second-order valence-electron chi connectivity index (χ2n) is 3.20. The van der Waals surface area contributed by atoms with Crippen molar-refractivity contribution in [2.75, 3.05) is 0 Å². The molecule has 0 saturated carbocycles. The molecule has 0 fully saturated rings. The largest absolute Gasteiger partial charge is 0.260 e. The van der Waals surface area contributed by atoms with Gasteiger partial charge in [-0.2, -0.15) is 0 Å². The van der Waals surface area contributed by atoms with Gasteiger partial charge in [0, 0.05) is 0 Å². The maximum absolute atomic E-state index is 4.38. The first-order chi connectivity index (χ1) is 6.36. The molecule has 0 aliphatic heterocycles. The molecule has 2 rings (SSSR count). The Hall–Kier alpha value is -0.700. The SMILES string of the molecule is Brc1cncc(C2=CCCCC2)n1. The predicted octanol–water partition coefficient (Wildman–Crippen LogP) is 3.20. The van der Waals surface area contributed by atoms with Crippen LogP contribution >= 0.6 is 15.9 Å². The topological polar surface area (TPSA) is 25.8 Å². The molecule has 0 N–H and O–H groups in total. The van der Waals surface area contributed by atoms with E-state index in [4.69, 9.17) is 0 Å². The van der Waals surface area contributed by atoms with Crippen molar-refractivity contribution in [1.82, 2.24) is 9.97 Å². The monoisotopic (exact) mass is 238 g/mol. The highest BCUT2D eigenvalue weighted by Gasteiger charge is 2.07. The molecule has 0 bridgehead atoms. The van der Waals surface area contributed by atoms with Gasteiger partial charge in [0.25, 0.3) is 0 Å². The van der Waals surface area contributed by atoms with Gasteiger partial charge in [0.2, 0.25) is 0 Å². The van der Waals surface area contributed by atoms with Crippen molar-refractivity contribution < 1.29 is 0 Å². The van der Waals surface area contributed by atoms with Crippen molar-refractivity contribution in [2.24, 2.45) is 0 Å². The van der Waals surface area contributed by atoms with Crippen molar-refractivity contribution in [3.05, 3.63) is 28.8 Å². The highest BCUT2D eigenvalue weighted by atomic mass is 79.9. The smallest absolute Gasteiger partial charge is 0.125 e. The molecule has 1 heterocycles. The van der Waals surface area contributed by atoms with E-state index in [9.17, 15) is 0 Å². The average Bonchev–Trinajstić information content (AvgIpc) is 2.19. The van der Waals surface area contributed by atoms with E-state index in [0.29, 0.717) is 0 Å². The Morgan fingerprint density at radius 2 is 2.15 bits per heavy atom. The van der Waals surface area contributed by atoms with Crippen LogP contribution in [-0.4, -0.2) is 9.97 Å². The molecule has 13 heavy (non-hydrogen) atoms. The third-order valence-electron chi connectivity index (χ3n) is 2.23. The van der Waals surface area contributed by atoms with E-state index >= 15 is 0 Å². The van der Waals surface area contributed by atoms with Crippen LogP contribution in [0, 0.1) is 0 Å². The lowest BCUT2D eigenvalue weighted by Crippen LogP contribution is -1.95. The van der Waals surface area contributed by atoms with Crippen molar-refractivity contribution in [2.45, 2.75) is 25.7 Å². The molecule has 0 unspecified atom stereocenters. The van der Waals surface area contributed by atoms with Crippen molar-refractivity contribution >= 4 is 21.5 Å².